The van der Waals surface area contributed by atoms with E-state index in [1.54, 1.807) is 19.1 Å². The molecule has 0 spiro atoms. The summed E-state index contributed by atoms with van der Waals surface area (Å²) in [4.78, 5) is 11.7. The fourth-order valence-corrected chi connectivity index (χ4v) is 2.44. The maximum absolute atomic E-state index is 11.7. The fraction of sp³-hybridized carbons (Fsp3) is 0.235. The topological polar surface area (TPSA) is 66.8 Å². The zero-order chi connectivity index (χ0) is 16.3. The van der Waals surface area contributed by atoms with Crippen LogP contribution in [0.4, 0.5) is 0 Å². The number of rotatable bonds is 4. The van der Waals surface area contributed by atoms with Crippen molar-refractivity contribution in [2.75, 3.05) is 6.61 Å². The number of hydrogen-bond acceptors (Lipinski definition) is 4. The predicted molar refractivity (Wildman–Crippen MR) is 84.3 cm³/mol. The van der Waals surface area contributed by atoms with Gasteiger partial charge in [0.2, 0.25) is 0 Å². The number of aromatic hydroxyl groups is 1. The molecule has 2 N–H and O–H groups in total. The first-order chi connectivity index (χ1) is 10.4. The van der Waals surface area contributed by atoms with Crippen LogP contribution in [0, 0.1) is 6.92 Å². The second kappa shape index (κ2) is 6.81. The summed E-state index contributed by atoms with van der Waals surface area (Å²) in [6.45, 7) is 3.86. The van der Waals surface area contributed by atoms with Gasteiger partial charge in [0.1, 0.15) is 11.9 Å². The van der Waals surface area contributed by atoms with E-state index in [2.05, 4.69) is 0 Å². The average Bonchev–Trinajstić information content (AvgIpc) is 2.47. The maximum Gasteiger partial charge on any atom is 0.338 e. The molecule has 0 aliphatic carbocycles. The molecule has 22 heavy (non-hydrogen) atoms. The maximum atomic E-state index is 11.7. The molecular weight excluding hydrogens is 304 g/mol. The van der Waals surface area contributed by atoms with Crippen LogP contribution in [0.1, 0.15) is 40.1 Å². The highest BCUT2D eigenvalue weighted by Gasteiger charge is 2.21. The van der Waals surface area contributed by atoms with Gasteiger partial charge in [-0.15, -0.1) is 0 Å². The zero-order valence-electron chi connectivity index (χ0n) is 12.3. The van der Waals surface area contributed by atoms with Gasteiger partial charge in [-0.1, -0.05) is 41.4 Å². The molecule has 0 aliphatic heterocycles. The quantitative estimate of drug-likeness (QED) is 0.844. The molecule has 2 rings (SSSR count). The van der Waals surface area contributed by atoms with E-state index in [4.69, 9.17) is 16.3 Å². The molecule has 1 atom stereocenters. The van der Waals surface area contributed by atoms with E-state index in [0.29, 0.717) is 5.56 Å². The van der Waals surface area contributed by atoms with Gasteiger partial charge in [0.05, 0.1) is 17.2 Å². The fourth-order valence-electron chi connectivity index (χ4n) is 2.12. The van der Waals surface area contributed by atoms with Crippen LogP contribution in [0.2, 0.25) is 5.02 Å². The van der Waals surface area contributed by atoms with E-state index in [9.17, 15) is 15.0 Å². The van der Waals surface area contributed by atoms with Crippen LogP contribution in [-0.2, 0) is 4.74 Å². The number of carbonyl (C=O) groups is 1. The van der Waals surface area contributed by atoms with E-state index in [1.165, 1.54) is 12.1 Å². The summed E-state index contributed by atoms with van der Waals surface area (Å²) in [5.41, 5.74) is 1.97. The van der Waals surface area contributed by atoms with Crippen molar-refractivity contribution in [1.29, 1.82) is 0 Å². The Morgan fingerprint density at radius 3 is 2.45 bits per heavy atom. The normalized spacial score (nSPS) is 12.0. The minimum atomic E-state index is -1.08. The minimum Gasteiger partial charge on any atom is -0.507 e. The lowest BCUT2D eigenvalue weighted by Gasteiger charge is -2.16. The van der Waals surface area contributed by atoms with E-state index in [1.807, 2.05) is 19.1 Å². The lowest BCUT2D eigenvalue weighted by atomic mass is 9.98. The Labute approximate surface area is 133 Å². The smallest absolute Gasteiger partial charge is 0.338 e. The number of halogens is 1. The van der Waals surface area contributed by atoms with Crippen LogP contribution in [-0.4, -0.2) is 22.8 Å². The van der Waals surface area contributed by atoms with Gasteiger partial charge < -0.3 is 14.9 Å². The lowest BCUT2D eigenvalue weighted by Crippen LogP contribution is -2.07. The summed E-state index contributed by atoms with van der Waals surface area (Å²) in [6.07, 6.45) is -1.08. The molecule has 0 bridgehead atoms. The molecule has 0 heterocycles. The van der Waals surface area contributed by atoms with Crippen LogP contribution in [0.15, 0.2) is 36.4 Å². The summed E-state index contributed by atoms with van der Waals surface area (Å²) in [6, 6.07) is 9.86. The van der Waals surface area contributed by atoms with Crippen molar-refractivity contribution in [2.45, 2.75) is 20.0 Å². The Morgan fingerprint density at radius 2 is 1.91 bits per heavy atom. The van der Waals surface area contributed by atoms with Crippen LogP contribution >= 0.6 is 11.6 Å². The van der Waals surface area contributed by atoms with Crippen LogP contribution in [0.25, 0.3) is 0 Å². The molecule has 1 unspecified atom stereocenters. The Bertz CT molecular complexity index is 657. The van der Waals surface area contributed by atoms with Crippen molar-refractivity contribution < 1.29 is 19.7 Å². The lowest BCUT2D eigenvalue weighted by molar-refractivity contribution is 0.0525. The Balaban J connectivity index is 2.39. The summed E-state index contributed by atoms with van der Waals surface area (Å²) in [7, 11) is 0. The van der Waals surface area contributed by atoms with E-state index >= 15 is 0 Å². The largest absolute Gasteiger partial charge is 0.507 e. The first kappa shape index (κ1) is 16.3. The molecule has 0 aliphatic rings. The molecule has 0 fully saturated rings. The van der Waals surface area contributed by atoms with Crippen LogP contribution < -0.4 is 0 Å². The number of phenols is 1. The Morgan fingerprint density at radius 1 is 1.27 bits per heavy atom. The molecular formula is C17H17ClO4. The molecule has 0 amide bonds. The number of hydrogen-bond donors (Lipinski definition) is 2. The first-order valence-electron chi connectivity index (χ1n) is 6.88. The monoisotopic (exact) mass is 320 g/mol. The van der Waals surface area contributed by atoms with Gasteiger partial charge in [-0.25, -0.2) is 4.79 Å². The highest BCUT2D eigenvalue weighted by molar-refractivity contribution is 6.32. The number of ether oxygens (including phenoxy) is 1. The number of esters is 1. The van der Waals surface area contributed by atoms with Crippen molar-refractivity contribution in [3.8, 4) is 5.75 Å². The molecule has 0 aromatic heterocycles. The van der Waals surface area contributed by atoms with Gasteiger partial charge in [0.25, 0.3) is 0 Å². The van der Waals surface area contributed by atoms with Crippen LogP contribution in [0.5, 0.6) is 5.75 Å². The van der Waals surface area contributed by atoms with Gasteiger partial charge in [-0.2, -0.15) is 0 Å². The second-order valence-electron chi connectivity index (χ2n) is 4.92. The van der Waals surface area contributed by atoms with Gasteiger partial charge in [-0.3, -0.25) is 0 Å². The molecule has 4 nitrogen and oxygen atoms in total. The number of aliphatic hydroxyl groups is 1. The van der Waals surface area contributed by atoms with Gasteiger partial charge in [0, 0.05) is 5.56 Å². The molecule has 2 aromatic rings. The Hall–Kier alpha value is -2.04. The number of aryl methyl sites for hydroxylation is 1. The molecule has 0 radical (unpaired) electrons. The third-order valence-corrected chi connectivity index (χ3v) is 3.60. The van der Waals surface area contributed by atoms with Gasteiger partial charge in [0.15, 0.2) is 0 Å². The minimum absolute atomic E-state index is 0.108. The first-order valence-corrected chi connectivity index (χ1v) is 7.26. The molecule has 0 saturated carbocycles. The van der Waals surface area contributed by atoms with Crippen molar-refractivity contribution in [3.63, 3.8) is 0 Å². The van der Waals surface area contributed by atoms with E-state index < -0.39 is 12.1 Å². The molecule has 5 heteroatoms. The molecule has 0 saturated heterocycles. The SMILES string of the molecule is CCOC(=O)c1cc(O)c(C(O)c2ccc(C)cc2)c(Cl)c1. The third kappa shape index (κ3) is 3.40. The van der Waals surface area contributed by atoms with Gasteiger partial charge >= 0.3 is 5.97 Å². The van der Waals surface area contributed by atoms with Crippen LogP contribution in [0.3, 0.4) is 0 Å². The van der Waals surface area contributed by atoms with Crippen molar-refractivity contribution >= 4 is 17.6 Å². The van der Waals surface area contributed by atoms with Crippen molar-refractivity contribution in [3.05, 3.63) is 63.7 Å². The highest BCUT2D eigenvalue weighted by Crippen LogP contribution is 2.36. The standard InChI is InChI=1S/C17H17ClO4/c1-3-22-17(21)12-8-13(18)15(14(19)9-12)16(20)11-6-4-10(2)5-7-11/h4-9,16,19-20H,3H2,1-2H3. The van der Waals surface area contributed by atoms with Gasteiger partial charge in [-0.05, 0) is 31.5 Å². The van der Waals surface area contributed by atoms with Crippen molar-refractivity contribution in [2.24, 2.45) is 0 Å². The molecule has 116 valence electrons. The zero-order valence-corrected chi connectivity index (χ0v) is 13.1. The third-order valence-electron chi connectivity index (χ3n) is 3.29. The van der Waals surface area contributed by atoms with Crippen molar-refractivity contribution in [1.82, 2.24) is 0 Å². The number of aliphatic hydroxyl groups excluding tert-OH is 1. The summed E-state index contributed by atoms with van der Waals surface area (Å²) < 4.78 is 4.86. The summed E-state index contributed by atoms with van der Waals surface area (Å²) >= 11 is 6.13. The number of benzene rings is 2. The Kier molecular flexibility index (Phi) is 5.06. The van der Waals surface area contributed by atoms with E-state index in [-0.39, 0.29) is 28.5 Å². The van der Waals surface area contributed by atoms with E-state index in [0.717, 1.165) is 5.56 Å². The summed E-state index contributed by atoms with van der Waals surface area (Å²) in [5, 5.41) is 20.6. The molecule has 2 aromatic carbocycles. The summed E-state index contributed by atoms with van der Waals surface area (Å²) in [5.74, 6) is -0.820. The average molecular weight is 321 g/mol. The highest BCUT2D eigenvalue weighted by atomic mass is 35.5. The number of phenolic OH excluding ortho intramolecular Hbond substituents is 1. The number of carbonyl (C=O) groups excluding carboxylic acids is 1. The second-order valence-corrected chi connectivity index (χ2v) is 5.33. The predicted octanol–water partition coefficient (Wildman–Crippen LogP) is 3.61.